The molecule has 0 aliphatic rings. The summed E-state index contributed by atoms with van der Waals surface area (Å²) in [7, 11) is 1.19. The maximum Gasteiger partial charge on any atom is 0.190 e. The van der Waals surface area contributed by atoms with Crippen LogP contribution in [-0.4, -0.2) is 18.0 Å². The molecule has 0 aliphatic carbocycles. The number of thioether (sulfide) groups is 1. The van der Waals surface area contributed by atoms with E-state index in [1.165, 1.54) is 14.0 Å². The van der Waals surface area contributed by atoms with Gasteiger partial charge in [0.25, 0.3) is 0 Å². The number of halogens is 2. The van der Waals surface area contributed by atoms with Crippen LogP contribution in [0.4, 0.5) is 8.78 Å². The molecule has 0 aliphatic heterocycles. The van der Waals surface area contributed by atoms with Gasteiger partial charge in [0.15, 0.2) is 22.5 Å². The van der Waals surface area contributed by atoms with Gasteiger partial charge >= 0.3 is 0 Å². The molecular weight excluding hydrogens is 246 g/mol. The molecule has 0 bridgehead atoms. The molecule has 1 aromatic rings. The van der Waals surface area contributed by atoms with Gasteiger partial charge in [0.2, 0.25) is 0 Å². The lowest BCUT2D eigenvalue weighted by Gasteiger charge is -2.03. The van der Waals surface area contributed by atoms with E-state index < -0.39 is 17.4 Å². The Morgan fingerprint density at radius 1 is 1.41 bits per heavy atom. The summed E-state index contributed by atoms with van der Waals surface area (Å²) in [6.45, 7) is 1.43. The number of rotatable bonds is 2. The molecule has 5 heteroatoms. The predicted octanol–water partition coefficient (Wildman–Crippen LogP) is 2.60. The lowest BCUT2D eigenvalue weighted by molar-refractivity contribution is -0.109. The predicted molar refractivity (Wildman–Crippen MR) is 62.9 cm³/mol. The molecule has 2 nitrogen and oxygen atoms in total. The van der Waals surface area contributed by atoms with Crippen LogP contribution in [0.25, 0.3) is 0 Å². The molecule has 17 heavy (non-hydrogen) atoms. The van der Waals surface area contributed by atoms with E-state index in [2.05, 4.69) is 16.6 Å². The van der Waals surface area contributed by atoms with Gasteiger partial charge in [-0.05, 0) is 12.1 Å². The van der Waals surface area contributed by atoms with Gasteiger partial charge in [-0.25, -0.2) is 8.78 Å². The molecule has 0 saturated carbocycles. The van der Waals surface area contributed by atoms with Crippen LogP contribution in [-0.2, 0) is 4.79 Å². The van der Waals surface area contributed by atoms with E-state index in [1.54, 1.807) is 0 Å². The third-order valence-electron chi connectivity index (χ3n) is 1.78. The third kappa shape index (κ3) is 4.08. The topological polar surface area (TPSA) is 26.3 Å². The zero-order valence-corrected chi connectivity index (χ0v) is 10.2. The van der Waals surface area contributed by atoms with Crippen molar-refractivity contribution in [2.24, 2.45) is 0 Å². The van der Waals surface area contributed by atoms with Crippen molar-refractivity contribution in [3.8, 4) is 17.6 Å². The van der Waals surface area contributed by atoms with Crippen LogP contribution >= 0.6 is 11.8 Å². The fraction of sp³-hybridized carbons (Fsp3) is 0.250. The van der Waals surface area contributed by atoms with Crippen LogP contribution < -0.4 is 4.74 Å². The van der Waals surface area contributed by atoms with Gasteiger partial charge < -0.3 is 4.74 Å². The van der Waals surface area contributed by atoms with E-state index in [0.29, 0.717) is 5.75 Å². The normalized spacial score (nSPS) is 9.41. The first-order valence-corrected chi connectivity index (χ1v) is 5.68. The first-order chi connectivity index (χ1) is 8.04. The second-order valence-electron chi connectivity index (χ2n) is 3.06. The first-order valence-electron chi connectivity index (χ1n) is 4.70. The summed E-state index contributed by atoms with van der Waals surface area (Å²) in [4.78, 5) is 10.6. The Morgan fingerprint density at radius 2 is 2.00 bits per heavy atom. The summed E-state index contributed by atoms with van der Waals surface area (Å²) in [5.41, 5.74) is 0.213. The molecule has 0 unspecified atom stereocenters. The number of carbonyl (C=O) groups excluding carboxylic acids is 1. The lowest BCUT2D eigenvalue weighted by Crippen LogP contribution is -1.93. The van der Waals surface area contributed by atoms with Crippen molar-refractivity contribution >= 4 is 16.9 Å². The summed E-state index contributed by atoms with van der Waals surface area (Å²) in [5, 5.41) is -0.0496. The molecule has 0 atom stereocenters. The van der Waals surface area contributed by atoms with E-state index in [-0.39, 0.29) is 10.7 Å². The maximum absolute atomic E-state index is 13.3. The Morgan fingerprint density at radius 3 is 2.47 bits per heavy atom. The number of methoxy groups -OCH3 is 1. The highest BCUT2D eigenvalue weighted by atomic mass is 32.2. The van der Waals surface area contributed by atoms with Crippen LogP contribution in [0.2, 0.25) is 0 Å². The van der Waals surface area contributed by atoms with Gasteiger partial charge in [-0.3, -0.25) is 4.79 Å². The van der Waals surface area contributed by atoms with Crippen molar-refractivity contribution < 1.29 is 18.3 Å². The van der Waals surface area contributed by atoms with E-state index in [9.17, 15) is 13.6 Å². The molecule has 0 N–H and O–H groups in total. The minimum atomic E-state index is -0.795. The van der Waals surface area contributed by atoms with Crippen molar-refractivity contribution in [3.63, 3.8) is 0 Å². The van der Waals surface area contributed by atoms with Gasteiger partial charge in [0.05, 0.1) is 12.9 Å². The van der Waals surface area contributed by atoms with Crippen LogP contribution in [0.5, 0.6) is 5.75 Å². The molecule has 1 aromatic carbocycles. The van der Waals surface area contributed by atoms with Crippen molar-refractivity contribution in [2.45, 2.75) is 6.92 Å². The monoisotopic (exact) mass is 256 g/mol. The molecule has 0 radical (unpaired) electrons. The van der Waals surface area contributed by atoms with Crippen LogP contribution in [0.3, 0.4) is 0 Å². The van der Waals surface area contributed by atoms with Gasteiger partial charge in [0, 0.05) is 12.5 Å². The highest BCUT2D eigenvalue weighted by Crippen LogP contribution is 2.22. The molecule has 1 rings (SSSR count). The summed E-state index contributed by atoms with van der Waals surface area (Å²) < 4.78 is 31.1. The lowest BCUT2D eigenvalue weighted by atomic mass is 10.2. The summed E-state index contributed by atoms with van der Waals surface area (Å²) >= 11 is 1.04. The number of benzene rings is 1. The Bertz CT molecular complexity index is 466. The fourth-order valence-electron chi connectivity index (χ4n) is 1.10. The summed E-state index contributed by atoms with van der Waals surface area (Å²) in [6.07, 6.45) is 0. The van der Waals surface area contributed by atoms with Gasteiger partial charge in [0.1, 0.15) is 0 Å². The minimum absolute atomic E-state index is 0.0496. The highest BCUT2D eigenvalue weighted by molar-refractivity contribution is 8.13. The minimum Gasteiger partial charge on any atom is -0.491 e. The molecular formula is C12H10F2O2S. The van der Waals surface area contributed by atoms with Crippen LogP contribution in [0.15, 0.2) is 12.1 Å². The van der Waals surface area contributed by atoms with Gasteiger partial charge in [-0.2, -0.15) is 0 Å². The van der Waals surface area contributed by atoms with E-state index in [0.717, 1.165) is 23.9 Å². The van der Waals surface area contributed by atoms with Crippen molar-refractivity contribution in [1.82, 2.24) is 0 Å². The van der Waals surface area contributed by atoms with Crippen molar-refractivity contribution in [2.75, 3.05) is 12.9 Å². The van der Waals surface area contributed by atoms with Crippen molar-refractivity contribution in [3.05, 3.63) is 29.3 Å². The number of hydrogen-bond donors (Lipinski definition) is 0. The Balaban J connectivity index is 2.83. The molecule has 0 spiro atoms. The second kappa shape index (κ2) is 6.26. The number of carbonyl (C=O) groups is 1. The maximum atomic E-state index is 13.3. The van der Waals surface area contributed by atoms with Crippen LogP contribution in [0, 0.1) is 23.5 Å². The zero-order chi connectivity index (χ0) is 12.8. The Labute approximate surface area is 102 Å². The zero-order valence-electron chi connectivity index (χ0n) is 9.34. The summed E-state index contributed by atoms with van der Waals surface area (Å²) in [6, 6.07) is 2.18. The van der Waals surface area contributed by atoms with E-state index in [4.69, 9.17) is 0 Å². The Hall–Kier alpha value is -1.54. The molecule has 0 heterocycles. The van der Waals surface area contributed by atoms with Crippen LogP contribution in [0.1, 0.15) is 12.5 Å². The van der Waals surface area contributed by atoms with Crippen molar-refractivity contribution in [1.29, 1.82) is 0 Å². The number of hydrogen-bond acceptors (Lipinski definition) is 3. The first kappa shape index (κ1) is 13.5. The number of ether oxygens (including phenoxy) is 1. The Kier molecular flexibility index (Phi) is 4.98. The molecule has 0 aromatic heterocycles. The van der Waals surface area contributed by atoms with Gasteiger partial charge in [-0.15, -0.1) is 0 Å². The average Bonchev–Trinajstić information content (AvgIpc) is 2.24. The smallest absolute Gasteiger partial charge is 0.190 e. The second-order valence-corrected chi connectivity index (χ2v) is 4.21. The SMILES string of the molecule is COc1c(F)cc(C#CCSC(C)=O)cc1F. The average molecular weight is 256 g/mol. The standard InChI is InChI=1S/C12H10F2O2S/c1-8(15)17-5-3-4-9-6-10(13)12(16-2)11(14)7-9/h6-7H,5H2,1-2H3. The molecule has 0 fully saturated rings. The largest absolute Gasteiger partial charge is 0.491 e. The van der Waals surface area contributed by atoms with E-state index >= 15 is 0 Å². The highest BCUT2D eigenvalue weighted by Gasteiger charge is 2.10. The fourth-order valence-corrected chi connectivity index (χ4v) is 1.45. The molecule has 90 valence electrons. The quantitative estimate of drug-likeness (QED) is 0.761. The molecule has 0 saturated heterocycles. The van der Waals surface area contributed by atoms with Gasteiger partial charge in [-0.1, -0.05) is 23.6 Å². The third-order valence-corrected chi connectivity index (χ3v) is 2.48. The molecule has 0 amide bonds. The van der Waals surface area contributed by atoms with E-state index in [1.807, 2.05) is 0 Å². The summed E-state index contributed by atoms with van der Waals surface area (Å²) in [5.74, 6) is 3.50.